The van der Waals surface area contributed by atoms with E-state index in [9.17, 15) is 19.2 Å². The molecule has 3 atom stereocenters. The molecule has 17 aromatic rings. The number of pyridine rings is 5. The monoisotopic (exact) mass is 2020 g/mol. The standard InChI is InChI=1S/C33H41N9O.C31H27N5O2.C26H25N7O2S.C25H23N7O/c1-39(2)18-19-41-17-15-35-30(41)23-42-31-28(20-26(32(42)43)5-4-24-10-13-34-14-11-24)21-36-33(38-31)37-29-8-6-25(7-9-29)27-12-16-40(3)22-27;1-2-21-17-26-19-33-31(34-27-12-10-22(11-13-27)24-9-6-15-32-18-24)35-29(26)36(30(21)37)20-25-14-16-38-28(25)23-7-4-3-5-8-23;34-24-17(4-3-16-1-2-16)11-18-12-28-26(32-23(18)33(24)14-22-25(36)35-15-29-22)31-20-7-5-19(6-8-20)30-21-9-10-27-13-21;1-2-3-18-16-19-17-28-25(30-23(19)32(24(18)33)22-8-10-26-11-9-22)29-20-4-6-21(7-5-20)31-14-12-27-13-15-31/h6-9,15,17,20-21,24,27,34H,10-14,16,18-19,22-23H2,1-3H3,(H,36,37,38,43);1,3-5,7-8,10-14,16-17,19,24,32H,6,9,15,18,20H2,(H,33,34,35);5-8,11-12,15-16,21,27,30,36H,1-2,9-10,13-14H2,(H,28,31,32);4-11,16-17,27H,12-15H2,1H3,(H,28,29,30)/p+1. The Bertz CT molecular complexity index is 8190. The van der Waals surface area contributed by atoms with Crippen molar-refractivity contribution in [1.29, 1.82) is 0 Å². The number of fused-ring (bicyclic) bond motifs is 4. The summed E-state index contributed by atoms with van der Waals surface area (Å²) in [7, 11) is 6.29. The normalized spacial score (nSPS) is 16.0. The van der Waals surface area contributed by atoms with Crippen LogP contribution in [0.1, 0.15) is 121 Å². The van der Waals surface area contributed by atoms with Gasteiger partial charge in [0, 0.05) is 174 Å². The molecule has 0 amide bonds. The number of piperazine rings is 1. The van der Waals surface area contributed by atoms with Crippen LogP contribution in [0.15, 0.2) is 265 Å². The molecule has 1 saturated carbocycles. The van der Waals surface area contributed by atoms with Crippen LogP contribution in [0.5, 0.6) is 0 Å². The first-order valence-electron chi connectivity index (χ1n) is 50.9. The maximum absolute atomic E-state index is 13.9. The fraction of sp³-hybridized carbons (Fsp3) is 0.296. The van der Waals surface area contributed by atoms with Gasteiger partial charge < -0.3 is 71.4 Å². The molecule has 23 rings (SSSR count). The van der Waals surface area contributed by atoms with Gasteiger partial charge in [0.05, 0.1) is 47.3 Å². The Balaban J connectivity index is 0.000000121. The van der Waals surface area contributed by atoms with Crippen LogP contribution in [0.3, 0.4) is 0 Å². The molecule has 35 heteroatoms. The van der Waals surface area contributed by atoms with Gasteiger partial charge in [-0.05, 0) is 250 Å². The number of piperidine rings is 2. The van der Waals surface area contributed by atoms with Gasteiger partial charge in [-0.3, -0.25) is 42.4 Å². The fourth-order valence-electron chi connectivity index (χ4n) is 19.1. The third kappa shape index (κ3) is 24.7. The first-order valence-corrected chi connectivity index (χ1v) is 51.3. The molecule has 3 unspecified atom stereocenters. The van der Waals surface area contributed by atoms with E-state index in [1.807, 2.05) is 103 Å². The molecule has 0 spiro atoms. The minimum Gasteiger partial charge on any atom is -0.464 e. The van der Waals surface area contributed by atoms with Gasteiger partial charge in [-0.25, -0.2) is 34.5 Å². The Kier molecular flexibility index (Phi) is 31.8. The number of aromatic amines is 1. The number of imidazole rings is 1. The van der Waals surface area contributed by atoms with E-state index < -0.39 is 0 Å². The van der Waals surface area contributed by atoms with Crippen LogP contribution in [0, 0.1) is 59.7 Å². The Morgan fingerprint density at radius 1 is 0.507 bits per heavy atom. The molecule has 1 aliphatic carbocycles. The summed E-state index contributed by atoms with van der Waals surface area (Å²) in [4.78, 5) is 109. The largest absolute Gasteiger partial charge is 0.464 e. The number of nitrogens with zero attached hydrogens (tertiary/aromatic N) is 18. The number of likely N-dealkylation sites (N-methyl/N-ethyl adjacent to an activating group) is 2. The average Bonchev–Trinajstić information content (AvgIpc) is 1.01. The van der Waals surface area contributed by atoms with E-state index in [-0.39, 0.29) is 40.9 Å². The maximum atomic E-state index is 13.9. The van der Waals surface area contributed by atoms with Crippen molar-refractivity contribution in [1.82, 2.24) is 104 Å². The van der Waals surface area contributed by atoms with Crippen molar-refractivity contribution >= 4 is 115 Å². The summed E-state index contributed by atoms with van der Waals surface area (Å²) in [5.74, 6) is 26.1. The molecule has 6 fully saturated rings. The van der Waals surface area contributed by atoms with Gasteiger partial charge in [0.2, 0.25) is 23.8 Å². The van der Waals surface area contributed by atoms with Gasteiger partial charge in [0.25, 0.3) is 28.1 Å². The average molecular weight is 2020 g/mol. The van der Waals surface area contributed by atoms with E-state index in [0.29, 0.717) is 132 Å². The highest BCUT2D eigenvalue weighted by Gasteiger charge is 2.27. The second-order valence-electron chi connectivity index (χ2n) is 38.4. The Labute approximate surface area is 872 Å². The number of aromatic nitrogens is 16. The number of nitrogens with one attached hydrogen (secondary N) is 10. The van der Waals surface area contributed by atoms with Crippen LogP contribution in [-0.2, 0) is 26.2 Å². The van der Waals surface area contributed by atoms with E-state index in [2.05, 4.69) is 236 Å². The van der Waals surface area contributed by atoms with E-state index in [0.717, 1.165) is 180 Å². The molecule has 12 aromatic heterocycles. The third-order valence-corrected chi connectivity index (χ3v) is 27.8. The van der Waals surface area contributed by atoms with Gasteiger partial charge in [-0.2, -0.15) is 19.9 Å². The van der Waals surface area contributed by atoms with Crippen LogP contribution >= 0.6 is 12.6 Å². The summed E-state index contributed by atoms with van der Waals surface area (Å²) < 4.78 is 19.6. The molecule has 758 valence electrons. The highest BCUT2D eigenvalue weighted by Crippen LogP contribution is 2.34. The first-order chi connectivity index (χ1) is 73.5. The molecule has 5 aliphatic heterocycles. The number of hydrogen-bond donors (Lipinski definition) is 11. The van der Waals surface area contributed by atoms with E-state index in [1.54, 1.807) is 99.0 Å². The second kappa shape index (κ2) is 47.4. The number of terminal acetylenes is 1. The molecular weight excluding hydrogens is 1900 g/mol. The van der Waals surface area contributed by atoms with Crippen molar-refractivity contribution in [3.63, 3.8) is 0 Å². The number of anilines is 10. The molecular formula is C115H117N28O6S+. The number of thiol groups is 1. The van der Waals surface area contributed by atoms with Crippen LogP contribution in [0.4, 0.5) is 57.9 Å². The summed E-state index contributed by atoms with van der Waals surface area (Å²) in [6.45, 7) is 16.4. The number of rotatable bonds is 24. The minimum atomic E-state index is -0.282. The minimum absolute atomic E-state index is 0.141. The van der Waals surface area contributed by atoms with Crippen LogP contribution in [-0.4, -0.2) is 195 Å². The third-order valence-electron chi connectivity index (χ3n) is 27.4. The van der Waals surface area contributed by atoms with Crippen LogP contribution in [0.25, 0.3) is 61.1 Å². The van der Waals surface area contributed by atoms with Crippen molar-refractivity contribution in [2.24, 2.45) is 11.8 Å². The summed E-state index contributed by atoms with van der Waals surface area (Å²) in [5, 5.41) is 33.5. The summed E-state index contributed by atoms with van der Waals surface area (Å²) in [6.07, 6.45) is 31.6. The number of H-pyrrole nitrogens is 1. The number of likely N-dealkylation sites (tertiary alicyclic amines) is 1. The lowest BCUT2D eigenvalue weighted by Crippen LogP contribution is -2.43. The predicted molar refractivity (Wildman–Crippen MR) is 590 cm³/mol. The van der Waals surface area contributed by atoms with Crippen molar-refractivity contribution in [2.75, 3.05) is 138 Å². The smallest absolute Gasteiger partial charge is 0.274 e. The summed E-state index contributed by atoms with van der Waals surface area (Å²) in [5.41, 5.74) is 14.2. The zero-order valence-electron chi connectivity index (χ0n) is 84.0. The predicted octanol–water partition coefficient (Wildman–Crippen LogP) is 13.9. The molecule has 150 heavy (non-hydrogen) atoms. The second-order valence-corrected chi connectivity index (χ2v) is 38.8. The van der Waals surface area contributed by atoms with Crippen LogP contribution in [0.2, 0.25) is 0 Å². The lowest BCUT2D eigenvalue weighted by molar-refractivity contribution is -0.702. The Hall–Kier alpha value is -16.7. The molecule has 17 heterocycles. The summed E-state index contributed by atoms with van der Waals surface area (Å²) >= 11 is 4.31. The number of oxazole rings is 1. The number of furan rings is 1. The SMILES string of the molecule is C#Cc1cc2cnc(Nc3ccc(C4CCCNC4)cc3)nc2n(Cc2ccoc2-c2ccccc2)c1=O.CC#Cc1cc2cnc(Nc3ccc(N4CCNCC4)cc3)nc2n(-c2ccncc2)c1=O.CN(C)CC[n+]1cc[nH]c1Cn1c(=O)c(C#CC2CCNCC2)cc2cnc(Nc3ccc(C4CCN(C)C4)cc3)nc21.O=c1c(C#CC2CC2)cc2cnc(Nc3ccc(NC4CCNC4)cc3)nc2n1Cc1ncoc1S. The van der Waals surface area contributed by atoms with Crippen molar-refractivity contribution in [3.8, 4) is 64.9 Å². The zero-order valence-corrected chi connectivity index (χ0v) is 84.9. The van der Waals surface area contributed by atoms with Gasteiger partial charge in [-0.15, -0.1) is 25.0 Å². The molecule has 34 nitrogen and oxygen atoms in total. The lowest BCUT2D eigenvalue weighted by Gasteiger charge is -2.29. The molecule has 0 radical (unpaired) electrons. The molecule has 6 aliphatic rings. The Morgan fingerprint density at radius 2 is 1.03 bits per heavy atom. The number of benzene rings is 5. The van der Waals surface area contributed by atoms with E-state index >= 15 is 0 Å². The number of hydrogen-bond acceptors (Lipinski definition) is 29. The molecule has 5 saturated heterocycles. The van der Waals surface area contributed by atoms with Crippen molar-refractivity contribution in [3.05, 3.63) is 324 Å². The summed E-state index contributed by atoms with van der Waals surface area (Å²) in [6, 6.07) is 55.8. The molecule has 5 aromatic carbocycles. The lowest BCUT2D eigenvalue weighted by atomic mass is 9.92. The van der Waals surface area contributed by atoms with Crippen molar-refractivity contribution in [2.45, 2.75) is 107 Å². The van der Waals surface area contributed by atoms with E-state index in [4.69, 9.17) is 25.2 Å². The quantitative estimate of drug-likeness (QED) is 0.0152. The van der Waals surface area contributed by atoms with Gasteiger partial charge in [0.1, 0.15) is 53.9 Å². The maximum Gasteiger partial charge on any atom is 0.274 e. The zero-order chi connectivity index (χ0) is 103. The molecule has 0 bridgehead atoms. The highest BCUT2D eigenvalue weighted by molar-refractivity contribution is 7.80. The first kappa shape index (κ1) is 101. The van der Waals surface area contributed by atoms with E-state index in [1.165, 1.54) is 42.5 Å². The van der Waals surface area contributed by atoms with Crippen LogP contribution < -0.4 is 79.6 Å². The van der Waals surface area contributed by atoms with Gasteiger partial charge in [0.15, 0.2) is 17.1 Å². The van der Waals surface area contributed by atoms with Gasteiger partial charge in [-0.1, -0.05) is 90.1 Å². The topological polar surface area (TPSA) is 381 Å². The Morgan fingerprint density at radius 3 is 1.58 bits per heavy atom. The van der Waals surface area contributed by atoms with Gasteiger partial charge >= 0.3 is 0 Å². The molecule has 10 N–H and O–H groups in total. The van der Waals surface area contributed by atoms with Crippen molar-refractivity contribution < 1.29 is 13.4 Å². The fourth-order valence-corrected chi connectivity index (χ4v) is 19.3. The highest BCUT2D eigenvalue weighted by atomic mass is 32.1.